The number of aromatic nitrogens is 2. The van der Waals surface area contributed by atoms with E-state index in [1.165, 1.54) is 0 Å². The molecule has 6 heteroatoms. The smallest absolute Gasteiger partial charge is 0.272 e. The fraction of sp³-hybridized carbons (Fsp3) is 0.692. The normalized spacial score (nSPS) is 26.2. The summed E-state index contributed by atoms with van der Waals surface area (Å²) in [5.74, 6) is 1.50. The number of rotatable bonds is 3. The van der Waals surface area contributed by atoms with Gasteiger partial charge < -0.3 is 10.4 Å². The van der Waals surface area contributed by atoms with E-state index in [4.69, 9.17) is 0 Å². The van der Waals surface area contributed by atoms with Crippen molar-refractivity contribution < 1.29 is 9.90 Å². The number of hydrogen-bond acceptors (Lipinski definition) is 4. The molecule has 1 aromatic rings. The quantitative estimate of drug-likeness (QED) is 0.769. The number of aryl methyl sites for hydroxylation is 1. The van der Waals surface area contributed by atoms with Gasteiger partial charge in [-0.25, -0.2) is 0 Å². The van der Waals surface area contributed by atoms with Crippen molar-refractivity contribution in [2.24, 2.45) is 0 Å². The fourth-order valence-electron chi connectivity index (χ4n) is 2.73. The van der Waals surface area contributed by atoms with Crippen LogP contribution in [0.25, 0.3) is 0 Å². The third-order valence-electron chi connectivity index (χ3n) is 3.93. The number of hydrogen-bond donors (Lipinski definition) is 3. The molecule has 3 rings (SSSR count). The third-order valence-corrected chi connectivity index (χ3v) is 5.17. The molecule has 5 nitrogen and oxygen atoms in total. The molecule has 1 saturated heterocycles. The van der Waals surface area contributed by atoms with E-state index in [2.05, 4.69) is 15.5 Å². The zero-order valence-corrected chi connectivity index (χ0v) is 11.7. The van der Waals surface area contributed by atoms with Crippen LogP contribution < -0.4 is 5.32 Å². The largest absolute Gasteiger partial charge is 0.387 e. The Labute approximate surface area is 116 Å². The Morgan fingerprint density at radius 3 is 3.11 bits per heavy atom. The van der Waals surface area contributed by atoms with E-state index in [0.717, 1.165) is 49.1 Å². The van der Waals surface area contributed by atoms with E-state index in [0.29, 0.717) is 18.0 Å². The highest BCUT2D eigenvalue weighted by Gasteiger charge is 2.32. The zero-order valence-electron chi connectivity index (χ0n) is 10.9. The lowest BCUT2D eigenvalue weighted by Gasteiger charge is -2.21. The number of nitrogens with one attached hydrogen (secondary N) is 2. The molecule has 2 heterocycles. The van der Waals surface area contributed by atoms with Gasteiger partial charge in [0.05, 0.1) is 5.60 Å². The van der Waals surface area contributed by atoms with Gasteiger partial charge in [0, 0.05) is 23.6 Å². The van der Waals surface area contributed by atoms with Crippen LogP contribution in [0.15, 0.2) is 0 Å². The lowest BCUT2D eigenvalue weighted by molar-refractivity contribution is 0.0610. The predicted octanol–water partition coefficient (Wildman–Crippen LogP) is 0.886. The van der Waals surface area contributed by atoms with Gasteiger partial charge in [0.25, 0.3) is 5.91 Å². The Balaban J connectivity index is 1.65. The molecule has 0 spiro atoms. The zero-order chi connectivity index (χ0) is 13.3. The van der Waals surface area contributed by atoms with Gasteiger partial charge in [-0.05, 0) is 37.9 Å². The van der Waals surface area contributed by atoms with Crippen molar-refractivity contribution in [2.45, 2.75) is 37.7 Å². The van der Waals surface area contributed by atoms with Gasteiger partial charge in [0.1, 0.15) is 0 Å². The van der Waals surface area contributed by atoms with Gasteiger partial charge in [0.2, 0.25) is 0 Å². The van der Waals surface area contributed by atoms with Gasteiger partial charge in [0.15, 0.2) is 5.69 Å². The predicted molar refractivity (Wildman–Crippen MR) is 74.5 cm³/mol. The highest BCUT2D eigenvalue weighted by Crippen LogP contribution is 2.27. The van der Waals surface area contributed by atoms with Crippen molar-refractivity contribution in [1.29, 1.82) is 0 Å². The minimum Gasteiger partial charge on any atom is -0.387 e. The highest BCUT2D eigenvalue weighted by atomic mass is 32.2. The summed E-state index contributed by atoms with van der Waals surface area (Å²) in [6.45, 7) is 0.320. The maximum Gasteiger partial charge on any atom is 0.272 e. The minimum absolute atomic E-state index is 0.162. The molecule has 104 valence electrons. The first-order valence-electron chi connectivity index (χ1n) is 6.82. The van der Waals surface area contributed by atoms with Crippen molar-refractivity contribution in [2.75, 3.05) is 18.1 Å². The number of nitrogens with zero attached hydrogens (tertiary/aromatic N) is 1. The van der Waals surface area contributed by atoms with Crippen LogP contribution >= 0.6 is 11.8 Å². The monoisotopic (exact) mass is 281 g/mol. The van der Waals surface area contributed by atoms with Crippen molar-refractivity contribution >= 4 is 17.7 Å². The molecule has 1 atom stereocenters. The van der Waals surface area contributed by atoms with E-state index in [1.54, 1.807) is 11.8 Å². The lowest BCUT2D eigenvalue weighted by atomic mass is 9.95. The summed E-state index contributed by atoms with van der Waals surface area (Å²) in [6, 6.07) is 0. The second kappa shape index (κ2) is 5.17. The van der Waals surface area contributed by atoms with Crippen molar-refractivity contribution in [1.82, 2.24) is 15.5 Å². The highest BCUT2D eigenvalue weighted by molar-refractivity contribution is 7.99. The Hall–Kier alpha value is -1.01. The number of carbonyl (C=O) groups excluding carboxylic acids is 1. The van der Waals surface area contributed by atoms with Gasteiger partial charge >= 0.3 is 0 Å². The van der Waals surface area contributed by atoms with Crippen LogP contribution in [-0.4, -0.2) is 44.9 Å². The van der Waals surface area contributed by atoms with Crippen molar-refractivity contribution in [3.8, 4) is 0 Å². The Morgan fingerprint density at radius 2 is 2.32 bits per heavy atom. The number of thioether (sulfide) groups is 1. The molecule has 1 fully saturated rings. The van der Waals surface area contributed by atoms with E-state index in [1.807, 2.05) is 0 Å². The summed E-state index contributed by atoms with van der Waals surface area (Å²) >= 11 is 1.73. The van der Waals surface area contributed by atoms with Crippen molar-refractivity contribution in [3.63, 3.8) is 0 Å². The summed E-state index contributed by atoms with van der Waals surface area (Å²) in [4.78, 5) is 12.2. The molecule has 0 unspecified atom stereocenters. The number of H-pyrrole nitrogens is 1. The summed E-state index contributed by atoms with van der Waals surface area (Å²) < 4.78 is 0. The second-order valence-corrected chi connectivity index (χ2v) is 6.55. The molecule has 1 aliphatic carbocycles. The molecule has 0 aromatic carbocycles. The fourth-order valence-corrected chi connectivity index (χ4v) is 4.03. The van der Waals surface area contributed by atoms with E-state index in [9.17, 15) is 9.90 Å². The standard InChI is InChI=1S/C13H19N3O2S/c17-12(14-7-13(18)5-6-19-8-13)11-9-3-1-2-4-10(9)15-16-11/h18H,1-8H2,(H,14,17)(H,15,16)/t13-/m0/s1. The van der Waals surface area contributed by atoms with Crippen LogP contribution in [0, 0.1) is 0 Å². The van der Waals surface area contributed by atoms with Crippen LogP contribution in [0.5, 0.6) is 0 Å². The number of fused-ring (bicyclic) bond motifs is 1. The van der Waals surface area contributed by atoms with Crippen LogP contribution in [-0.2, 0) is 12.8 Å². The molecule has 1 aromatic heterocycles. The van der Waals surface area contributed by atoms with Gasteiger partial charge in [-0.1, -0.05) is 0 Å². The first-order valence-corrected chi connectivity index (χ1v) is 7.98. The molecule has 1 aliphatic heterocycles. The Morgan fingerprint density at radius 1 is 1.47 bits per heavy atom. The first-order chi connectivity index (χ1) is 9.18. The molecule has 19 heavy (non-hydrogen) atoms. The number of aromatic amines is 1. The van der Waals surface area contributed by atoms with E-state index in [-0.39, 0.29) is 5.91 Å². The maximum atomic E-state index is 12.2. The molecule has 0 bridgehead atoms. The van der Waals surface area contributed by atoms with Crippen LogP contribution in [0.3, 0.4) is 0 Å². The lowest BCUT2D eigenvalue weighted by Crippen LogP contribution is -2.43. The molecule has 0 saturated carbocycles. The number of amides is 1. The van der Waals surface area contributed by atoms with Gasteiger partial charge in [-0.3, -0.25) is 9.89 Å². The summed E-state index contributed by atoms with van der Waals surface area (Å²) in [5.41, 5.74) is 1.95. The Kier molecular flexibility index (Phi) is 3.54. The summed E-state index contributed by atoms with van der Waals surface area (Å²) in [6.07, 6.45) is 4.93. The number of carbonyl (C=O) groups is 1. The topological polar surface area (TPSA) is 78.0 Å². The maximum absolute atomic E-state index is 12.2. The van der Waals surface area contributed by atoms with Crippen LogP contribution in [0.4, 0.5) is 0 Å². The molecule has 1 amide bonds. The SMILES string of the molecule is O=C(NC[C@@]1(O)CCSC1)c1n[nH]c2c1CCCC2. The Bertz CT molecular complexity index is 480. The van der Waals surface area contributed by atoms with Crippen molar-refractivity contribution in [3.05, 3.63) is 17.0 Å². The van der Waals surface area contributed by atoms with Gasteiger partial charge in [-0.2, -0.15) is 16.9 Å². The van der Waals surface area contributed by atoms with Crippen LogP contribution in [0.2, 0.25) is 0 Å². The molecule has 0 radical (unpaired) electrons. The number of aliphatic hydroxyl groups is 1. The molecule has 2 aliphatic rings. The molecular formula is C13H19N3O2S. The van der Waals surface area contributed by atoms with Gasteiger partial charge in [-0.15, -0.1) is 0 Å². The van der Waals surface area contributed by atoms with E-state index >= 15 is 0 Å². The van der Waals surface area contributed by atoms with Crippen LogP contribution in [0.1, 0.15) is 41.0 Å². The van der Waals surface area contributed by atoms with E-state index < -0.39 is 5.60 Å². The average Bonchev–Trinajstić information content (AvgIpc) is 3.03. The molecular weight excluding hydrogens is 262 g/mol. The summed E-state index contributed by atoms with van der Waals surface area (Å²) in [5, 5.41) is 20.2. The molecule has 3 N–H and O–H groups in total. The average molecular weight is 281 g/mol. The summed E-state index contributed by atoms with van der Waals surface area (Å²) in [7, 11) is 0. The third kappa shape index (κ3) is 2.65. The minimum atomic E-state index is -0.739. The first kappa shape index (κ1) is 13.0. The second-order valence-electron chi connectivity index (χ2n) is 5.45.